The molecule has 2 unspecified atom stereocenters. The molecule has 0 amide bonds. The number of carboxylic acids is 1. The summed E-state index contributed by atoms with van der Waals surface area (Å²) in [7, 11) is 5.48. The topological polar surface area (TPSA) is 99.1 Å². The van der Waals surface area contributed by atoms with Gasteiger partial charge in [0, 0.05) is 19.3 Å². The van der Waals surface area contributed by atoms with Crippen molar-refractivity contribution in [2.75, 3.05) is 41.0 Å². The van der Waals surface area contributed by atoms with Gasteiger partial charge in [-0.25, -0.2) is 4.79 Å². The van der Waals surface area contributed by atoms with Crippen LogP contribution in [0.2, 0.25) is 0 Å². The minimum atomic E-state index is -0.895. The fourth-order valence-electron chi connectivity index (χ4n) is 5.67. The number of allylic oxidation sites excluding steroid dienone is 18. The number of unbranched alkanes of at least 4 members (excludes halogenated alkanes) is 10. The standard InChI is InChI=1S/C50H79NO7/c1-6-8-10-12-14-16-18-20-22-24-26-28-30-32-34-36-38-40-48(52)57-45-46(44-56-43-42-47(50(54)55)51(3,4)5)58-49(53)41-39-37-35-33-31-29-27-25-23-21-19-17-15-13-11-9-7-2/h8,10,12,14,16,18,20-24,26-30,33,35,46-47H,6-7,9,11,13,15,17,19,25,31-32,34,36-45H2,1-5H3/p+1/b10-8+,14-12+,18-16+,22-20+,23-21+,26-24+,29-27+,30-28+,35-33+. The summed E-state index contributed by atoms with van der Waals surface area (Å²) < 4.78 is 17.2. The number of quaternary nitrogens is 1. The van der Waals surface area contributed by atoms with Crippen LogP contribution in [-0.2, 0) is 28.6 Å². The molecule has 2 atom stereocenters. The van der Waals surface area contributed by atoms with Gasteiger partial charge >= 0.3 is 17.9 Å². The Morgan fingerprint density at radius 1 is 0.552 bits per heavy atom. The monoisotopic (exact) mass is 807 g/mol. The molecule has 1 N–H and O–H groups in total. The van der Waals surface area contributed by atoms with Gasteiger partial charge in [0.25, 0.3) is 0 Å². The highest BCUT2D eigenvalue weighted by Crippen LogP contribution is 2.11. The zero-order valence-corrected chi connectivity index (χ0v) is 36.9. The molecule has 0 saturated heterocycles. The summed E-state index contributed by atoms with van der Waals surface area (Å²) in [6.07, 6.45) is 54.2. The summed E-state index contributed by atoms with van der Waals surface area (Å²) >= 11 is 0. The molecule has 0 saturated carbocycles. The molecule has 0 aromatic heterocycles. The number of ether oxygens (including phenoxy) is 3. The second kappa shape index (κ2) is 39.8. The molecule has 0 aromatic rings. The fourth-order valence-corrected chi connectivity index (χ4v) is 5.67. The van der Waals surface area contributed by atoms with Crippen molar-refractivity contribution in [3.8, 4) is 0 Å². The molecular weight excluding hydrogens is 727 g/mol. The second-order valence-corrected chi connectivity index (χ2v) is 15.4. The van der Waals surface area contributed by atoms with Gasteiger partial charge in [0.05, 0.1) is 34.4 Å². The Morgan fingerprint density at radius 2 is 1.05 bits per heavy atom. The first-order valence-electron chi connectivity index (χ1n) is 22.0. The van der Waals surface area contributed by atoms with Crippen LogP contribution >= 0.6 is 0 Å². The van der Waals surface area contributed by atoms with E-state index in [1.807, 2.05) is 81.9 Å². The predicted molar refractivity (Wildman–Crippen MR) is 242 cm³/mol. The van der Waals surface area contributed by atoms with E-state index in [2.05, 4.69) is 62.5 Å². The van der Waals surface area contributed by atoms with Crippen LogP contribution in [0.4, 0.5) is 0 Å². The second-order valence-electron chi connectivity index (χ2n) is 15.4. The van der Waals surface area contributed by atoms with Crippen LogP contribution in [-0.4, -0.2) is 80.6 Å². The van der Waals surface area contributed by atoms with Gasteiger partial charge in [0.2, 0.25) is 0 Å². The lowest BCUT2D eigenvalue weighted by molar-refractivity contribution is -0.887. The Balaban J connectivity index is 4.56. The number of carbonyl (C=O) groups excluding carboxylic acids is 2. The molecule has 0 fully saturated rings. The highest BCUT2D eigenvalue weighted by atomic mass is 16.6. The van der Waals surface area contributed by atoms with E-state index in [-0.39, 0.29) is 49.1 Å². The average molecular weight is 807 g/mol. The van der Waals surface area contributed by atoms with Gasteiger partial charge in [-0.15, -0.1) is 0 Å². The number of aliphatic carboxylic acids is 1. The predicted octanol–water partition coefficient (Wildman–Crippen LogP) is 12.1. The molecule has 8 nitrogen and oxygen atoms in total. The quantitative estimate of drug-likeness (QED) is 0.0219. The average Bonchev–Trinajstić information content (AvgIpc) is 3.18. The molecule has 0 bridgehead atoms. The zero-order chi connectivity index (χ0) is 42.8. The van der Waals surface area contributed by atoms with Crippen LogP contribution in [0, 0.1) is 0 Å². The summed E-state index contributed by atoms with van der Waals surface area (Å²) in [6.45, 7) is 4.45. The smallest absolute Gasteiger partial charge is 0.362 e. The molecular formula is C50H80NO7+. The van der Waals surface area contributed by atoms with Gasteiger partial charge in [-0.3, -0.25) is 9.59 Å². The van der Waals surface area contributed by atoms with E-state index in [1.165, 1.54) is 38.5 Å². The number of esters is 2. The van der Waals surface area contributed by atoms with Crippen LogP contribution in [0.5, 0.6) is 0 Å². The number of hydrogen-bond acceptors (Lipinski definition) is 6. The van der Waals surface area contributed by atoms with E-state index in [4.69, 9.17) is 14.2 Å². The van der Waals surface area contributed by atoms with E-state index in [9.17, 15) is 19.5 Å². The van der Waals surface area contributed by atoms with Crippen LogP contribution in [0.25, 0.3) is 0 Å². The molecule has 0 aromatic carbocycles. The number of carboxylic acid groups (broad SMARTS) is 1. The lowest BCUT2D eigenvalue weighted by Crippen LogP contribution is -2.50. The van der Waals surface area contributed by atoms with Crippen molar-refractivity contribution < 1.29 is 38.2 Å². The largest absolute Gasteiger partial charge is 0.477 e. The Morgan fingerprint density at radius 3 is 1.64 bits per heavy atom. The van der Waals surface area contributed by atoms with Gasteiger partial charge in [-0.1, -0.05) is 162 Å². The Bertz CT molecular complexity index is 1310. The van der Waals surface area contributed by atoms with Crippen LogP contribution < -0.4 is 0 Å². The molecule has 0 aliphatic heterocycles. The summed E-state index contributed by atoms with van der Waals surface area (Å²) in [5.74, 6) is -1.61. The Hall–Kier alpha value is -4.01. The van der Waals surface area contributed by atoms with E-state index < -0.39 is 18.1 Å². The minimum Gasteiger partial charge on any atom is -0.477 e. The molecule has 8 heteroatoms. The van der Waals surface area contributed by atoms with E-state index >= 15 is 0 Å². The van der Waals surface area contributed by atoms with Crippen molar-refractivity contribution in [3.05, 3.63) is 109 Å². The van der Waals surface area contributed by atoms with Crippen molar-refractivity contribution in [3.63, 3.8) is 0 Å². The lowest BCUT2D eigenvalue weighted by Gasteiger charge is -2.31. The third kappa shape index (κ3) is 37.6. The normalized spacial score (nSPS) is 14.0. The maximum Gasteiger partial charge on any atom is 0.362 e. The molecule has 0 rings (SSSR count). The molecule has 326 valence electrons. The van der Waals surface area contributed by atoms with E-state index in [0.717, 1.165) is 51.4 Å². The van der Waals surface area contributed by atoms with Crippen molar-refractivity contribution in [2.45, 2.75) is 148 Å². The number of nitrogens with zero attached hydrogens (tertiary/aromatic N) is 1. The third-order valence-electron chi connectivity index (χ3n) is 9.07. The summed E-state index contributed by atoms with van der Waals surface area (Å²) in [6, 6.07) is -0.637. The maximum absolute atomic E-state index is 12.7. The number of likely N-dealkylation sites (N-methyl/N-ethyl adjacent to an activating group) is 1. The number of carbonyl (C=O) groups is 3. The molecule has 0 aliphatic carbocycles. The zero-order valence-electron chi connectivity index (χ0n) is 36.9. The Kier molecular flexibility index (Phi) is 37.0. The lowest BCUT2D eigenvalue weighted by atomic mass is 10.1. The molecule has 0 heterocycles. The fraction of sp³-hybridized carbons (Fsp3) is 0.580. The SMILES string of the molecule is CC/C=C/C=C/C=C/C=C/C=C/C=C/CCCCCC(=O)OCC(COCCC(C(=O)O)[N+](C)(C)C)OC(=O)CCC/C=C/C/C=C/C/C=C/CCCCCCCC. The van der Waals surface area contributed by atoms with Crippen LogP contribution in [0.15, 0.2) is 109 Å². The first-order chi connectivity index (χ1) is 28.1. The van der Waals surface area contributed by atoms with Crippen molar-refractivity contribution in [1.82, 2.24) is 0 Å². The van der Waals surface area contributed by atoms with Gasteiger partial charge in [0.15, 0.2) is 12.1 Å². The minimum absolute atomic E-state index is 0.0184. The van der Waals surface area contributed by atoms with Crippen molar-refractivity contribution >= 4 is 17.9 Å². The summed E-state index contributed by atoms with van der Waals surface area (Å²) in [5.41, 5.74) is 0. The number of rotatable bonds is 37. The molecule has 0 aliphatic rings. The molecule has 58 heavy (non-hydrogen) atoms. The first-order valence-corrected chi connectivity index (χ1v) is 22.0. The number of hydrogen-bond donors (Lipinski definition) is 1. The van der Waals surface area contributed by atoms with Gasteiger partial charge in [0.1, 0.15) is 6.61 Å². The first kappa shape index (κ1) is 54.0. The molecule has 0 spiro atoms. The highest BCUT2D eigenvalue weighted by molar-refractivity contribution is 5.72. The van der Waals surface area contributed by atoms with Gasteiger partial charge in [-0.05, 0) is 64.2 Å². The van der Waals surface area contributed by atoms with E-state index in [1.54, 1.807) is 0 Å². The van der Waals surface area contributed by atoms with Crippen molar-refractivity contribution in [2.24, 2.45) is 0 Å². The van der Waals surface area contributed by atoms with Gasteiger partial charge in [-0.2, -0.15) is 0 Å². The third-order valence-corrected chi connectivity index (χ3v) is 9.07. The van der Waals surface area contributed by atoms with Crippen molar-refractivity contribution in [1.29, 1.82) is 0 Å². The van der Waals surface area contributed by atoms with Crippen LogP contribution in [0.1, 0.15) is 136 Å². The van der Waals surface area contributed by atoms with E-state index in [0.29, 0.717) is 19.3 Å². The molecule has 0 radical (unpaired) electrons. The van der Waals surface area contributed by atoms with Crippen LogP contribution in [0.3, 0.4) is 0 Å². The Labute approximate surface area is 353 Å². The highest BCUT2D eigenvalue weighted by Gasteiger charge is 2.31. The van der Waals surface area contributed by atoms with Gasteiger partial charge < -0.3 is 23.8 Å². The maximum atomic E-state index is 12.7. The summed E-state index contributed by atoms with van der Waals surface area (Å²) in [5, 5.41) is 9.62. The summed E-state index contributed by atoms with van der Waals surface area (Å²) in [4.78, 5) is 37.0.